The molecular weight excluding hydrogens is 161 g/mol. The second kappa shape index (κ2) is 6.18. The molecule has 0 aliphatic rings. The van der Waals surface area contributed by atoms with Crippen LogP contribution in [0.25, 0.3) is 0 Å². The van der Waals surface area contributed by atoms with E-state index >= 15 is 0 Å². The molecule has 5 N–H and O–H groups in total. The zero-order valence-corrected chi connectivity index (χ0v) is 8.88. The van der Waals surface area contributed by atoms with E-state index in [9.17, 15) is 4.57 Å². The van der Waals surface area contributed by atoms with Crippen molar-refractivity contribution in [2.45, 2.75) is 0 Å². The quantitative estimate of drug-likeness (QED) is 0.325. The van der Waals surface area contributed by atoms with Crippen LogP contribution in [0.4, 0.5) is 0 Å². The first-order chi connectivity index (χ1) is 2.56. The minimum atomic E-state index is -4.08. The molecule has 0 atom stereocenters. The van der Waals surface area contributed by atoms with Crippen LogP contribution in [-0.4, -0.2) is 43.3 Å². The van der Waals surface area contributed by atoms with E-state index in [0.29, 0.717) is 0 Å². The van der Waals surface area contributed by atoms with Gasteiger partial charge in [-0.15, -0.1) is 0 Å². The molecule has 0 aliphatic carbocycles. The molecule has 0 saturated carbocycles. The Morgan fingerprint density at radius 1 is 1.62 bits per heavy atom. The summed E-state index contributed by atoms with van der Waals surface area (Å²) in [5.74, 6) is 0. The molecule has 0 unspecified atom stereocenters. The molecule has 5 nitrogen and oxygen atoms in total. The van der Waals surface area contributed by atoms with Gasteiger partial charge in [-0.25, -0.2) is 4.57 Å². The average Bonchev–Trinajstić information content (AvgIpc) is 1.35. The van der Waals surface area contributed by atoms with E-state index in [4.69, 9.17) is 9.79 Å². The van der Waals surface area contributed by atoms with Crippen LogP contribution in [0.5, 0.6) is 0 Å². The minimum absolute atomic E-state index is 0. The topological polar surface area (TPSA) is 102 Å². The Morgan fingerprint density at radius 3 is 1.75 bits per heavy atom. The van der Waals surface area contributed by atoms with Crippen LogP contribution in [0.1, 0.15) is 2.85 Å². The van der Waals surface area contributed by atoms with E-state index in [1.165, 1.54) is 0 Å². The Balaban J connectivity index is -0.0000000208. The SMILES string of the molecule is N.O=P(O)(O)O[SiH3].[H-].[H-].[Mg+2]. The average molecular weight is 171 g/mol. The molecule has 50 valence electrons. The van der Waals surface area contributed by atoms with Crippen LogP contribution >= 0.6 is 7.82 Å². The molecule has 0 aliphatic heterocycles. The Hall–Kier alpha value is 1.05. The van der Waals surface area contributed by atoms with Crippen LogP contribution < -0.4 is 6.15 Å². The van der Waals surface area contributed by atoms with E-state index in [1.807, 2.05) is 0 Å². The normalized spacial score (nSPS) is 9.25. The molecule has 0 aromatic heterocycles. The van der Waals surface area contributed by atoms with Crippen molar-refractivity contribution >= 4 is 41.4 Å². The van der Waals surface area contributed by atoms with Crippen molar-refractivity contribution in [3.63, 3.8) is 0 Å². The summed E-state index contributed by atoms with van der Waals surface area (Å²) >= 11 is 0. The van der Waals surface area contributed by atoms with E-state index in [1.54, 1.807) is 0 Å². The van der Waals surface area contributed by atoms with Crippen molar-refractivity contribution < 1.29 is 21.4 Å². The van der Waals surface area contributed by atoms with E-state index in [0.717, 1.165) is 0 Å². The Labute approximate surface area is 69.3 Å². The number of rotatable bonds is 1. The number of hydrogen-bond donors (Lipinski definition) is 3. The van der Waals surface area contributed by atoms with Gasteiger partial charge in [-0.05, 0) is 0 Å². The molecular formula is H10MgNO4PSi. The molecule has 0 heterocycles. The summed E-state index contributed by atoms with van der Waals surface area (Å²) in [5, 5.41) is 0. The maximum Gasteiger partial charge on any atom is 2.00 e. The maximum atomic E-state index is 9.51. The molecule has 0 aromatic carbocycles. The monoisotopic (exact) mass is 171 g/mol. The van der Waals surface area contributed by atoms with Crippen LogP contribution in [0.15, 0.2) is 0 Å². The third kappa shape index (κ3) is 15.7. The summed E-state index contributed by atoms with van der Waals surface area (Å²) in [5.41, 5.74) is 0. The fraction of sp³-hybridized carbons (Fsp3) is 0. The van der Waals surface area contributed by atoms with Gasteiger partial charge in [0.15, 0.2) is 10.5 Å². The first-order valence-electron chi connectivity index (χ1n) is 1.17. The largest absolute Gasteiger partial charge is 2.00 e. The standard InChI is InChI=1S/Mg.H3N.H5O4PSi.2H/c;;1-5(2,3)4-6;;/h;1H3;6H3,(H2,1,2,3);;/q+2;;;2*-1. The van der Waals surface area contributed by atoms with Crippen LogP contribution in [0.3, 0.4) is 0 Å². The summed E-state index contributed by atoms with van der Waals surface area (Å²) in [6, 6.07) is 0. The van der Waals surface area contributed by atoms with E-state index < -0.39 is 7.82 Å². The van der Waals surface area contributed by atoms with Crippen molar-refractivity contribution in [3.05, 3.63) is 0 Å². The van der Waals surface area contributed by atoms with Crippen molar-refractivity contribution in [1.29, 1.82) is 0 Å². The summed E-state index contributed by atoms with van der Waals surface area (Å²) < 4.78 is 13.2. The second-order valence-corrected chi connectivity index (χ2v) is 3.11. The van der Waals surface area contributed by atoms with Gasteiger partial charge in [-0.2, -0.15) is 0 Å². The van der Waals surface area contributed by atoms with Gasteiger partial charge >= 0.3 is 30.9 Å². The molecule has 0 amide bonds. The summed E-state index contributed by atoms with van der Waals surface area (Å²) in [6.45, 7) is 0. The molecule has 0 fully saturated rings. The molecule has 0 aromatic rings. The fourth-order valence-electron chi connectivity index (χ4n) is 0. The predicted octanol–water partition coefficient (Wildman–Crippen LogP) is -1.62. The molecule has 0 saturated heterocycles. The number of phosphoric acid groups is 1. The zero-order chi connectivity index (χ0) is 5.21. The van der Waals surface area contributed by atoms with E-state index in [-0.39, 0.29) is 42.5 Å². The van der Waals surface area contributed by atoms with E-state index in [2.05, 4.69) is 4.21 Å². The van der Waals surface area contributed by atoms with Crippen LogP contribution in [0.2, 0.25) is 0 Å². The molecule has 8 heteroatoms. The minimum Gasteiger partial charge on any atom is -1.00 e. The van der Waals surface area contributed by atoms with Gasteiger partial charge in [0.05, 0.1) is 0 Å². The van der Waals surface area contributed by atoms with Gasteiger partial charge in [0.1, 0.15) is 0 Å². The fourth-order valence-corrected chi connectivity index (χ4v) is 0. The van der Waals surface area contributed by atoms with Crippen molar-refractivity contribution in [2.75, 3.05) is 0 Å². The molecule has 8 heavy (non-hydrogen) atoms. The van der Waals surface area contributed by atoms with Crippen LogP contribution in [-0.2, 0) is 8.78 Å². The van der Waals surface area contributed by atoms with Gasteiger partial charge in [-0.1, -0.05) is 0 Å². The molecule has 0 bridgehead atoms. The summed E-state index contributed by atoms with van der Waals surface area (Å²) in [6.07, 6.45) is 0. The third-order valence-corrected chi connectivity index (χ3v) is 2.14. The van der Waals surface area contributed by atoms with Gasteiger partial charge < -0.3 is 23.0 Å². The molecule has 0 radical (unpaired) electrons. The van der Waals surface area contributed by atoms with Crippen molar-refractivity contribution in [2.24, 2.45) is 0 Å². The Bertz CT molecular complexity index is 87.3. The first kappa shape index (κ1) is 16.0. The van der Waals surface area contributed by atoms with Crippen LogP contribution in [0, 0.1) is 0 Å². The summed E-state index contributed by atoms with van der Waals surface area (Å²) in [7, 11) is -4.00. The zero-order valence-electron chi connectivity index (χ0n) is 6.57. The van der Waals surface area contributed by atoms with Crippen molar-refractivity contribution in [1.82, 2.24) is 6.15 Å². The van der Waals surface area contributed by atoms with Gasteiger partial charge in [0, 0.05) is 0 Å². The van der Waals surface area contributed by atoms with Gasteiger partial charge in [0.25, 0.3) is 0 Å². The summed E-state index contributed by atoms with van der Waals surface area (Å²) in [4.78, 5) is 15.5. The molecule has 0 spiro atoms. The third-order valence-electron chi connectivity index (χ3n) is 0.238. The van der Waals surface area contributed by atoms with Crippen molar-refractivity contribution in [3.8, 4) is 0 Å². The number of hydrogen-bond acceptors (Lipinski definition) is 3. The smallest absolute Gasteiger partial charge is 1.00 e. The molecule has 0 rings (SSSR count). The van der Waals surface area contributed by atoms with Gasteiger partial charge in [-0.3, -0.25) is 0 Å². The maximum absolute atomic E-state index is 9.51. The Kier molecular flexibility index (Phi) is 12.4. The Morgan fingerprint density at radius 2 is 1.75 bits per heavy atom. The second-order valence-electron chi connectivity index (χ2n) is 0.673. The van der Waals surface area contributed by atoms with Gasteiger partial charge in [0.2, 0.25) is 0 Å². The first-order valence-corrected chi connectivity index (χ1v) is 3.52. The predicted molar refractivity (Wildman–Crippen MR) is 36.1 cm³/mol.